The standard InChI is InChI=1S/C15H15NO4/c1-19-9-6-7-12-13(8-9)20-14(16-12)10-4-2-3-5-11(10)15(17)18/h2-3,6-8,10-11H,4-5H2,1H3,(H,17,18). The maximum atomic E-state index is 11.3. The number of aliphatic carboxylic acids is 1. The molecule has 1 heterocycles. The molecule has 20 heavy (non-hydrogen) atoms. The van der Waals surface area contributed by atoms with Crippen molar-refractivity contribution in [1.29, 1.82) is 0 Å². The molecule has 1 aliphatic rings. The van der Waals surface area contributed by atoms with E-state index in [1.54, 1.807) is 13.2 Å². The Kier molecular flexibility index (Phi) is 3.18. The molecule has 104 valence electrons. The van der Waals surface area contributed by atoms with Crippen LogP contribution in [0.25, 0.3) is 11.1 Å². The second kappa shape index (κ2) is 5.00. The molecule has 0 saturated heterocycles. The van der Waals surface area contributed by atoms with Crippen molar-refractivity contribution < 1.29 is 19.1 Å². The number of hydrogen-bond donors (Lipinski definition) is 1. The Labute approximate surface area is 115 Å². The lowest BCUT2D eigenvalue weighted by molar-refractivity contribution is -0.142. The van der Waals surface area contributed by atoms with Gasteiger partial charge in [-0.25, -0.2) is 4.98 Å². The zero-order valence-corrected chi connectivity index (χ0v) is 11.1. The molecular formula is C15H15NO4. The number of carboxylic acid groups (broad SMARTS) is 1. The predicted molar refractivity (Wildman–Crippen MR) is 72.8 cm³/mol. The summed E-state index contributed by atoms with van der Waals surface area (Å²) in [6.45, 7) is 0. The van der Waals surface area contributed by atoms with Gasteiger partial charge < -0.3 is 14.3 Å². The van der Waals surface area contributed by atoms with E-state index in [1.807, 2.05) is 24.3 Å². The fourth-order valence-electron chi connectivity index (χ4n) is 2.57. The van der Waals surface area contributed by atoms with Gasteiger partial charge in [-0.1, -0.05) is 12.2 Å². The molecular weight excluding hydrogens is 258 g/mol. The number of rotatable bonds is 3. The zero-order chi connectivity index (χ0) is 14.1. The normalized spacial score (nSPS) is 22.1. The minimum atomic E-state index is -0.806. The first-order chi connectivity index (χ1) is 9.69. The van der Waals surface area contributed by atoms with Crippen molar-refractivity contribution in [3.8, 4) is 5.75 Å². The van der Waals surface area contributed by atoms with Gasteiger partial charge in [0.05, 0.1) is 18.9 Å². The van der Waals surface area contributed by atoms with Crippen LogP contribution in [0.15, 0.2) is 34.8 Å². The second-order valence-corrected chi connectivity index (χ2v) is 4.88. The monoisotopic (exact) mass is 273 g/mol. The van der Waals surface area contributed by atoms with E-state index < -0.39 is 11.9 Å². The average Bonchev–Trinajstić information content (AvgIpc) is 2.89. The van der Waals surface area contributed by atoms with Crippen LogP contribution in [0.4, 0.5) is 0 Å². The maximum Gasteiger partial charge on any atom is 0.307 e. The lowest BCUT2D eigenvalue weighted by Gasteiger charge is -2.21. The van der Waals surface area contributed by atoms with Gasteiger partial charge in [-0.2, -0.15) is 0 Å². The fourth-order valence-corrected chi connectivity index (χ4v) is 2.57. The van der Waals surface area contributed by atoms with Crippen LogP contribution in [0.3, 0.4) is 0 Å². The van der Waals surface area contributed by atoms with Crippen molar-refractivity contribution in [3.63, 3.8) is 0 Å². The number of carbonyl (C=O) groups is 1. The molecule has 3 rings (SSSR count). The summed E-state index contributed by atoms with van der Waals surface area (Å²) in [4.78, 5) is 15.8. The summed E-state index contributed by atoms with van der Waals surface area (Å²) in [7, 11) is 1.59. The Morgan fingerprint density at radius 3 is 2.95 bits per heavy atom. The van der Waals surface area contributed by atoms with Gasteiger partial charge in [0.2, 0.25) is 0 Å². The van der Waals surface area contributed by atoms with Gasteiger partial charge in [-0.15, -0.1) is 0 Å². The quantitative estimate of drug-likeness (QED) is 0.870. The molecule has 0 bridgehead atoms. The van der Waals surface area contributed by atoms with Crippen LogP contribution in [0.1, 0.15) is 24.7 Å². The van der Waals surface area contributed by atoms with Crippen molar-refractivity contribution >= 4 is 17.1 Å². The van der Waals surface area contributed by atoms with Crippen molar-refractivity contribution in [2.24, 2.45) is 5.92 Å². The highest BCUT2D eigenvalue weighted by molar-refractivity contribution is 5.75. The summed E-state index contributed by atoms with van der Waals surface area (Å²) >= 11 is 0. The van der Waals surface area contributed by atoms with Gasteiger partial charge in [-0.05, 0) is 25.0 Å². The van der Waals surface area contributed by atoms with Crippen LogP contribution < -0.4 is 4.74 Å². The number of ether oxygens (including phenoxy) is 1. The molecule has 0 spiro atoms. The topological polar surface area (TPSA) is 72.6 Å². The van der Waals surface area contributed by atoms with E-state index in [1.165, 1.54) is 0 Å². The summed E-state index contributed by atoms with van der Waals surface area (Å²) in [5.74, 6) is -0.312. The van der Waals surface area contributed by atoms with Gasteiger partial charge in [0, 0.05) is 6.07 Å². The summed E-state index contributed by atoms with van der Waals surface area (Å²) < 4.78 is 10.9. The minimum absolute atomic E-state index is 0.212. The van der Waals surface area contributed by atoms with Gasteiger partial charge in [0.1, 0.15) is 11.3 Å². The summed E-state index contributed by atoms with van der Waals surface area (Å²) in [5, 5.41) is 9.30. The van der Waals surface area contributed by atoms with Crippen molar-refractivity contribution in [3.05, 3.63) is 36.2 Å². The Balaban J connectivity index is 2.00. The average molecular weight is 273 g/mol. The maximum absolute atomic E-state index is 11.3. The summed E-state index contributed by atoms with van der Waals surface area (Å²) in [6, 6.07) is 5.39. The van der Waals surface area contributed by atoms with Crippen LogP contribution in [0.5, 0.6) is 5.75 Å². The van der Waals surface area contributed by atoms with Gasteiger partial charge in [0.15, 0.2) is 11.5 Å². The first-order valence-corrected chi connectivity index (χ1v) is 6.51. The van der Waals surface area contributed by atoms with E-state index in [2.05, 4.69) is 4.98 Å². The van der Waals surface area contributed by atoms with Crippen molar-refractivity contribution in [2.75, 3.05) is 7.11 Å². The first-order valence-electron chi connectivity index (χ1n) is 6.51. The molecule has 1 aromatic carbocycles. The van der Waals surface area contributed by atoms with Crippen molar-refractivity contribution in [2.45, 2.75) is 18.8 Å². The molecule has 0 saturated carbocycles. The van der Waals surface area contributed by atoms with Crippen LogP contribution in [0.2, 0.25) is 0 Å². The molecule has 0 aliphatic heterocycles. The van der Waals surface area contributed by atoms with E-state index >= 15 is 0 Å². The van der Waals surface area contributed by atoms with Gasteiger partial charge >= 0.3 is 5.97 Å². The van der Waals surface area contributed by atoms with E-state index in [-0.39, 0.29) is 5.92 Å². The Bertz CT molecular complexity index is 674. The molecule has 1 aliphatic carbocycles. The van der Waals surface area contributed by atoms with Crippen LogP contribution in [-0.2, 0) is 4.79 Å². The van der Waals surface area contributed by atoms with Crippen LogP contribution in [0, 0.1) is 5.92 Å². The van der Waals surface area contributed by atoms with E-state index in [4.69, 9.17) is 9.15 Å². The van der Waals surface area contributed by atoms with Crippen LogP contribution >= 0.6 is 0 Å². The predicted octanol–water partition coefficient (Wildman–Crippen LogP) is 2.97. The number of allylic oxidation sites excluding steroid dienone is 2. The zero-order valence-electron chi connectivity index (χ0n) is 11.1. The third-order valence-corrected chi connectivity index (χ3v) is 3.68. The SMILES string of the molecule is COc1ccc2nc(C3CC=CCC3C(=O)O)oc2c1. The first kappa shape index (κ1) is 12.7. The number of hydrogen-bond acceptors (Lipinski definition) is 4. The molecule has 2 aromatic rings. The molecule has 0 fully saturated rings. The lowest BCUT2D eigenvalue weighted by atomic mass is 9.83. The molecule has 2 unspecified atom stereocenters. The minimum Gasteiger partial charge on any atom is -0.497 e. The number of aromatic nitrogens is 1. The Hall–Kier alpha value is -2.30. The molecule has 1 N–H and O–H groups in total. The Morgan fingerprint density at radius 1 is 1.40 bits per heavy atom. The Morgan fingerprint density at radius 2 is 2.20 bits per heavy atom. The highest BCUT2D eigenvalue weighted by Crippen LogP contribution is 2.36. The molecule has 0 radical (unpaired) electrons. The smallest absolute Gasteiger partial charge is 0.307 e. The molecule has 5 nitrogen and oxygen atoms in total. The highest BCUT2D eigenvalue weighted by Gasteiger charge is 2.33. The lowest BCUT2D eigenvalue weighted by Crippen LogP contribution is -2.23. The fraction of sp³-hybridized carbons (Fsp3) is 0.333. The van der Waals surface area contributed by atoms with E-state index in [9.17, 15) is 9.90 Å². The van der Waals surface area contributed by atoms with Gasteiger partial charge in [0.25, 0.3) is 0 Å². The van der Waals surface area contributed by atoms with E-state index in [0.717, 1.165) is 5.52 Å². The summed E-state index contributed by atoms with van der Waals surface area (Å²) in [6.07, 6.45) is 5.05. The molecule has 0 amide bonds. The molecule has 5 heteroatoms. The number of methoxy groups -OCH3 is 1. The number of nitrogens with zero attached hydrogens (tertiary/aromatic N) is 1. The molecule has 2 atom stereocenters. The number of oxazole rings is 1. The second-order valence-electron chi connectivity index (χ2n) is 4.88. The largest absolute Gasteiger partial charge is 0.497 e. The number of fused-ring (bicyclic) bond motifs is 1. The van der Waals surface area contributed by atoms with Crippen molar-refractivity contribution in [1.82, 2.24) is 4.98 Å². The number of carboxylic acids is 1. The molecule has 1 aromatic heterocycles. The van der Waals surface area contributed by atoms with Gasteiger partial charge in [-0.3, -0.25) is 4.79 Å². The summed E-state index contributed by atoms with van der Waals surface area (Å²) in [5.41, 5.74) is 1.34. The third kappa shape index (κ3) is 2.15. The van der Waals surface area contributed by atoms with E-state index in [0.29, 0.717) is 30.1 Å². The van der Waals surface area contributed by atoms with Crippen LogP contribution in [-0.4, -0.2) is 23.2 Å². The highest BCUT2D eigenvalue weighted by atomic mass is 16.5. The third-order valence-electron chi connectivity index (χ3n) is 3.68. The number of benzene rings is 1.